The molecule has 0 saturated carbocycles. The molecule has 1 aromatic heterocycles. The predicted octanol–water partition coefficient (Wildman–Crippen LogP) is 2.88. The first-order valence-corrected chi connectivity index (χ1v) is 6.62. The van der Waals surface area contributed by atoms with Crippen LogP contribution in [-0.4, -0.2) is 19.2 Å². The van der Waals surface area contributed by atoms with Crippen LogP contribution < -0.4 is 19.9 Å². The van der Waals surface area contributed by atoms with Gasteiger partial charge in [0.1, 0.15) is 18.1 Å². The fourth-order valence-corrected chi connectivity index (χ4v) is 2.10. The van der Waals surface area contributed by atoms with Crippen LogP contribution in [0, 0.1) is 13.8 Å². The van der Waals surface area contributed by atoms with Crippen LogP contribution in [-0.2, 0) is 6.61 Å². The molecule has 0 aliphatic heterocycles. The molecule has 112 valence electrons. The van der Waals surface area contributed by atoms with Gasteiger partial charge >= 0.3 is 0 Å². The van der Waals surface area contributed by atoms with Crippen molar-refractivity contribution in [2.45, 2.75) is 20.5 Å². The van der Waals surface area contributed by atoms with E-state index >= 15 is 0 Å². The fourth-order valence-electron chi connectivity index (χ4n) is 2.10. The van der Waals surface area contributed by atoms with E-state index < -0.39 is 0 Å². The summed E-state index contributed by atoms with van der Waals surface area (Å²) in [6.07, 6.45) is 1.66. The summed E-state index contributed by atoms with van der Waals surface area (Å²) in [4.78, 5) is 4.28. The van der Waals surface area contributed by atoms with Gasteiger partial charge in [-0.3, -0.25) is 4.98 Å². The molecule has 0 aliphatic rings. The van der Waals surface area contributed by atoms with Crippen molar-refractivity contribution in [2.75, 3.05) is 20.0 Å². The number of nitrogens with zero attached hydrogens (tertiary/aromatic N) is 1. The van der Waals surface area contributed by atoms with Gasteiger partial charge in [0.25, 0.3) is 0 Å². The van der Waals surface area contributed by atoms with Crippen molar-refractivity contribution in [3.8, 4) is 17.2 Å². The Bertz CT molecular complexity index is 642. The van der Waals surface area contributed by atoms with Gasteiger partial charge in [0.05, 0.1) is 14.2 Å². The first-order valence-electron chi connectivity index (χ1n) is 6.62. The van der Waals surface area contributed by atoms with E-state index in [0.29, 0.717) is 22.9 Å². The lowest BCUT2D eigenvalue weighted by atomic mass is 10.1. The molecule has 1 aromatic carbocycles. The highest BCUT2D eigenvalue weighted by Crippen LogP contribution is 2.31. The summed E-state index contributed by atoms with van der Waals surface area (Å²) >= 11 is 0. The third-order valence-electron chi connectivity index (χ3n) is 3.29. The minimum Gasteiger partial charge on any atom is -0.493 e. The Kier molecular flexibility index (Phi) is 4.52. The number of pyridine rings is 1. The molecule has 0 fully saturated rings. The molecule has 2 aromatic rings. The normalized spacial score (nSPS) is 10.3. The van der Waals surface area contributed by atoms with Crippen molar-refractivity contribution in [2.24, 2.45) is 0 Å². The molecule has 2 rings (SSSR count). The number of nitrogens with two attached hydrogens (primary N) is 1. The second-order valence-corrected chi connectivity index (χ2v) is 4.76. The van der Waals surface area contributed by atoms with Crippen molar-refractivity contribution >= 4 is 5.69 Å². The minimum absolute atomic E-state index is 0.281. The van der Waals surface area contributed by atoms with E-state index in [1.54, 1.807) is 26.5 Å². The molecule has 5 heteroatoms. The van der Waals surface area contributed by atoms with Crippen molar-refractivity contribution in [3.05, 3.63) is 41.2 Å². The van der Waals surface area contributed by atoms with Gasteiger partial charge in [-0.2, -0.15) is 0 Å². The Morgan fingerprint density at radius 3 is 2.48 bits per heavy atom. The van der Waals surface area contributed by atoms with Crippen LogP contribution >= 0.6 is 0 Å². The Hall–Kier alpha value is -2.43. The lowest BCUT2D eigenvalue weighted by Crippen LogP contribution is -2.04. The van der Waals surface area contributed by atoms with Gasteiger partial charge in [-0.25, -0.2) is 0 Å². The Balaban J connectivity index is 2.22. The third kappa shape index (κ3) is 3.18. The Morgan fingerprint density at radius 2 is 1.81 bits per heavy atom. The minimum atomic E-state index is 0.281. The maximum Gasteiger partial charge on any atom is 0.185 e. The zero-order valence-electron chi connectivity index (χ0n) is 12.8. The van der Waals surface area contributed by atoms with Gasteiger partial charge in [0.15, 0.2) is 11.5 Å². The molecule has 0 unspecified atom stereocenters. The van der Waals surface area contributed by atoms with Crippen LogP contribution in [0.2, 0.25) is 0 Å². The largest absolute Gasteiger partial charge is 0.493 e. The van der Waals surface area contributed by atoms with E-state index in [4.69, 9.17) is 19.9 Å². The Labute approximate surface area is 124 Å². The van der Waals surface area contributed by atoms with Crippen LogP contribution in [0.3, 0.4) is 0 Å². The molecule has 5 nitrogen and oxygen atoms in total. The number of ether oxygens (including phenoxy) is 3. The summed E-state index contributed by atoms with van der Waals surface area (Å²) < 4.78 is 16.4. The van der Waals surface area contributed by atoms with E-state index in [0.717, 1.165) is 16.9 Å². The summed E-state index contributed by atoms with van der Waals surface area (Å²) in [5.74, 6) is 1.95. The monoisotopic (exact) mass is 288 g/mol. The van der Waals surface area contributed by atoms with E-state index in [1.807, 2.05) is 26.0 Å². The number of rotatable bonds is 5. The first kappa shape index (κ1) is 15.0. The summed E-state index contributed by atoms with van der Waals surface area (Å²) in [5.41, 5.74) is 9.38. The van der Waals surface area contributed by atoms with Gasteiger partial charge in [0, 0.05) is 24.0 Å². The zero-order chi connectivity index (χ0) is 15.4. The summed E-state index contributed by atoms with van der Waals surface area (Å²) in [6, 6.07) is 5.58. The van der Waals surface area contributed by atoms with Crippen molar-refractivity contribution < 1.29 is 14.2 Å². The number of aryl methyl sites for hydroxylation is 2. The average molecular weight is 288 g/mol. The molecule has 21 heavy (non-hydrogen) atoms. The maximum absolute atomic E-state index is 5.92. The van der Waals surface area contributed by atoms with E-state index in [-0.39, 0.29) is 6.61 Å². The van der Waals surface area contributed by atoms with Gasteiger partial charge in [0.2, 0.25) is 0 Å². The first-order chi connectivity index (χ1) is 10.1. The average Bonchev–Trinajstić information content (AvgIpc) is 2.49. The Morgan fingerprint density at radius 1 is 1.05 bits per heavy atom. The lowest BCUT2D eigenvalue weighted by molar-refractivity contribution is 0.283. The molecule has 0 saturated heterocycles. The predicted molar refractivity (Wildman–Crippen MR) is 82.0 cm³/mol. The molecule has 0 atom stereocenters. The van der Waals surface area contributed by atoms with E-state index in [2.05, 4.69) is 4.98 Å². The molecule has 2 N–H and O–H groups in total. The number of methoxy groups -OCH3 is 2. The molecular formula is C16H20N2O3. The summed E-state index contributed by atoms with van der Waals surface area (Å²) in [7, 11) is 3.17. The second-order valence-electron chi connectivity index (χ2n) is 4.76. The van der Waals surface area contributed by atoms with E-state index in [9.17, 15) is 0 Å². The van der Waals surface area contributed by atoms with Crippen LogP contribution in [0.4, 0.5) is 5.69 Å². The highest BCUT2D eigenvalue weighted by atomic mass is 16.5. The number of anilines is 1. The lowest BCUT2D eigenvalue weighted by Gasteiger charge is -2.14. The zero-order valence-corrected chi connectivity index (χ0v) is 12.8. The molecule has 1 heterocycles. The maximum atomic E-state index is 5.92. The van der Waals surface area contributed by atoms with Crippen molar-refractivity contribution in [1.29, 1.82) is 0 Å². The van der Waals surface area contributed by atoms with Crippen LogP contribution in [0.1, 0.15) is 16.8 Å². The third-order valence-corrected chi connectivity index (χ3v) is 3.29. The molecule has 0 radical (unpaired) electrons. The van der Waals surface area contributed by atoms with Crippen molar-refractivity contribution in [3.63, 3.8) is 0 Å². The number of benzene rings is 1. The number of nitrogen functional groups attached to an aromatic ring is 1. The fraction of sp³-hybridized carbons (Fsp3) is 0.312. The summed E-state index contributed by atoms with van der Waals surface area (Å²) in [6.45, 7) is 4.24. The summed E-state index contributed by atoms with van der Waals surface area (Å²) in [5, 5.41) is 0. The van der Waals surface area contributed by atoms with Crippen molar-refractivity contribution in [1.82, 2.24) is 4.98 Å². The van der Waals surface area contributed by atoms with Gasteiger partial charge < -0.3 is 19.9 Å². The van der Waals surface area contributed by atoms with Gasteiger partial charge in [-0.15, -0.1) is 0 Å². The van der Waals surface area contributed by atoms with Gasteiger partial charge in [-0.05, 0) is 25.0 Å². The SMILES string of the molecule is COc1ccnc(COc2cc(N)c(C)cc2C)c1OC. The number of hydrogen-bond acceptors (Lipinski definition) is 5. The van der Waals surface area contributed by atoms with Gasteiger partial charge in [-0.1, -0.05) is 6.07 Å². The molecule has 0 bridgehead atoms. The molecular weight excluding hydrogens is 268 g/mol. The smallest absolute Gasteiger partial charge is 0.185 e. The standard InChI is InChI=1S/C16H20N2O3/c1-10-7-11(2)15(8-12(10)17)21-9-13-16(20-4)14(19-3)5-6-18-13/h5-8H,9,17H2,1-4H3. The molecule has 0 spiro atoms. The second kappa shape index (κ2) is 6.35. The molecule has 0 amide bonds. The highest BCUT2D eigenvalue weighted by molar-refractivity contribution is 5.54. The highest BCUT2D eigenvalue weighted by Gasteiger charge is 2.12. The molecule has 0 aliphatic carbocycles. The van der Waals surface area contributed by atoms with Crippen LogP contribution in [0.15, 0.2) is 24.4 Å². The number of hydrogen-bond donors (Lipinski definition) is 1. The van der Waals surface area contributed by atoms with Crippen LogP contribution in [0.25, 0.3) is 0 Å². The van der Waals surface area contributed by atoms with E-state index in [1.165, 1.54) is 0 Å². The quantitative estimate of drug-likeness (QED) is 0.857. The van der Waals surface area contributed by atoms with Crippen LogP contribution in [0.5, 0.6) is 17.2 Å². The number of aromatic nitrogens is 1. The topological polar surface area (TPSA) is 66.6 Å².